The number of piperidine rings is 1. The summed E-state index contributed by atoms with van der Waals surface area (Å²) in [6.45, 7) is 4.12. The largest absolute Gasteiger partial charge is 0.478 e. The van der Waals surface area contributed by atoms with Gasteiger partial charge < -0.3 is 15.7 Å². The molecule has 2 aromatic carbocycles. The Hall–Kier alpha value is -2.82. The molecule has 0 radical (unpaired) electrons. The molecule has 3 rings (SSSR count). The first-order valence-electron chi connectivity index (χ1n) is 9.45. The molecule has 1 fully saturated rings. The molecule has 5 heteroatoms. The van der Waals surface area contributed by atoms with Gasteiger partial charge in [-0.3, -0.25) is 4.79 Å². The molecule has 0 aliphatic carbocycles. The van der Waals surface area contributed by atoms with Gasteiger partial charge in [-0.2, -0.15) is 0 Å². The molecule has 3 N–H and O–H groups in total. The predicted molar refractivity (Wildman–Crippen MR) is 106 cm³/mol. The fourth-order valence-electron chi connectivity index (χ4n) is 3.88. The lowest BCUT2D eigenvalue weighted by atomic mass is 9.81. The first-order chi connectivity index (χ1) is 13.0. The van der Waals surface area contributed by atoms with Crippen LogP contribution < -0.4 is 10.6 Å². The Labute approximate surface area is 159 Å². The zero-order valence-corrected chi connectivity index (χ0v) is 15.6. The van der Waals surface area contributed by atoms with Gasteiger partial charge in [0.15, 0.2) is 0 Å². The number of carboxylic acid groups (broad SMARTS) is 1. The number of anilines is 1. The maximum Gasteiger partial charge on any atom is 0.335 e. The highest BCUT2D eigenvalue weighted by Gasteiger charge is 2.27. The molecule has 27 heavy (non-hydrogen) atoms. The van der Waals surface area contributed by atoms with Crippen LogP contribution in [0.4, 0.5) is 5.69 Å². The molecule has 0 bridgehead atoms. The van der Waals surface area contributed by atoms with Crippen molar-refractivity contribution >= 4 is 17.6 Å². The highest BCUT2D eigenvalue weighted by atomic mass is 16.4. The van der Waals surface area contributed by atoms with Crippen LogP contribution in [0, 0.1) is 0 Å². The van der Waals surface area contributed by atoms with Crippen LogP contribution in [0.3, 0.4) is 0 Å². The number of rotatable bonds is 6. The number of hydrogen-bond donors (Lipinski definition) is 2. The van der Waals surface area contributed by atoms with Crippen molar-refractivity contribution in [3.63, 3.8) is 0 Å². The van der Waals surface area contributed by atoms with Crippen LogP contribution in [-0.2, 0) is 4.79 Å². The molecule has 2 aromatic rings. The zero-order valence-electron chi connectivity index (χ0n) is 15.6. The number of hydrogen-bond acceptors (Lipinski definition) is 3. The molecular weight excluding hydrogens is 340 g/mol. The van der Waals surface area contributed by atoms with Crippen LogP contribution in [0.25, 0.3) is 0 Å². The van der Waals surface area contributed by atoms with E-state index < -0.39 is 17.8 Å². The second-order valence-corrected chi connectivity index (χ2v) is 7.24. The lowest BCUT2D eigenvalue weighted by Crippen LogP contribution is -2.29. The molecule has 2 atom stereocenters. The van der Waals surface area contributed by atoms with E-state index in [0.29, 0.717) is 0 Å². The summed E-state index contributed by atoms with van der Waals surface area (Å²) < 4.78 is 0. The Kier molecular flexibility index (Phi) is 5.79. The number of carbonyl (C=O) groups is 2. The van der Waals surface area contributed by atoms with Crippen LogP contribution in [-0.4, -0.2) is 30.1 Å². The van der Waals surface area contributed by atoms with E-state index >= 15 is 0 Å². The van der Waals surface area contributed by atoms with E-state index in [1.54, 1.807) is 12.1 Å². The number of nitrogens with two attached hydrogens (primary N) is 1. The van der Waals surface area contributed by atoms with Crippen LogP contribution in [0.5, 0.6) is 0 Å². The number of primary amides is 1. The zero-order chi connectivity index (χ0) is 19.4. The molecule has 0 saturated carbocycles. The van der Waals surface area contributed by atoms with Gasteiger partial charge in [-0.25, -0.2) is 4.79 Å². The summed E-state index contributed by atoms with van der Waals surface area (Å²) in [6, 6.07) is 14.7. The third kappa shape index (κ3) is 4.30. The van der Waals surface area contributed by atoms with E-state index in [1.807, 2.05) is 19.1 Å². The molecule has 1 heterocycles. The number of nitrogens with zero attached hydrogens (tertiary/aromatic N) is 1. The van der Waals surface area contributed by atoms with E-state index in [2.05, 4.69) is 17.0 Å². The first kappa shape index (κ1) is 19.0. The van der Waals surface area contributed by atoms with Crippen LogP contribution in [0.1, 0.15) is 59.5 Å². The van der Waals surface area contributed by atoms with Gasteiger partial charge in [-0.05, 0) is 60.6 Å². The van der Waals surface area contributed by atoms with Gasteiger partial charge in [-0.1, -0.05) is 31.2 Å². The van der Waals surface area contributed by atoms with Gasteiger partial charge in [0, 0.05) is 18.8 Å². The fourth-order valence-corrected chi connectivity index (χ4v) is 3.88. The van der Waals surface area contributed by atoms with Gasteiger partial charge in [0.05, 0.1) is 11.5 Å². The van der Waals surface area contributed by atoms with Gasteiger partial charge >= 0.3 is 5.97 Å². The van der Waals surface area contributed by atoms with E-state index in [1.165, 1.54) is 37.1 Å². The summed E-state index contributed by atoms with van der Waals surface area (Å²) in [5.74, 6) is -2.01. The smallest absolute Gasteiger partial charge is 0.335 e. The molecule has 0 spiro atoms. The summed E-state index contributed by atoms with van der Waals surface area (Å²) >= 11 is 0. The SMILES string of the molecule is CC(c1cccc(N2CCCCC2)c1)C(C(N)=O)c1ccc(C(=O)O)cc1. The first-order valence-corrected chi connectivity index (χ1v) is 9.45. The molecule has 2 unspecified atom stereocenters. The lowest BCUT2D eigenvalue weighted by Gasteiger charge is -2.30. The maximum atomic E-state index is 12.2. The number of carbonyl (C=O) groups excluding carboxylic acids is 1. The van der Waals surface area contributed by atoms with Crippen molar-refractivity contribution in [1.29, 1.82) is 0 Å². The Balaban J connectivity index is 1.87. The fraction of sp³-hybridized carbons (Fsp3) is 0.364. The number of benzene rings is 2. The molecular formula is C22H26N2O3. The van der Waals surface area contributed by atoms with Crippen molar-refractivity contribution in [3.8, 4) is 0 Å². The monoisotopic (exact) mass is 366 g/mol. The minimum Gasteiger partial charge on any atom is -0.478 e. The van der Waals surface area contributed by atoms with Gasteiger partial charge in [-0.15, -0.1) is 0 Å². The second-order valence-electron chi connectivity index (χ2n) is 7.24. The topological polar surface area (TPSA) is 83.6 Å². The summed E-state index contributed by atoms with van der Waals surface area (Å²) in [7, 11) is 0. The second kappa shape index (κ2) is 8.25. The highest BCUT2D eigenvalue weighted by Crippen LogP contribution is 2.34. The van der Waals surface area contributed by atoms with E-state index in [0.717, 1.165) is 24.2 Å². The van der Waals surface area contributed by atoms with Gasteiger partial charge in [0.25, 0.3) is 0 Å². The lowest BCUT2D eigenvalue weighted by molar-refractivity contribution is -0.119. The van der Waals surface area contributed by atoms with Crippen LogP contribution in [0.2, 0.25) is 0 Å². The van der Waals surface area contributed by atoms with Gasteiger partial charge in [0.2, 0.25) is 5.91 Å². The van der Waals surface area contributed by atoms with Crippen molar-refractivity contribution in [2.24, 2.45) is 5.73 Å². The average molecular weight is 366 g/mol. The molecule has 5 nitrogen and oxygen atoms in total. The standard InChI is InChI=1S/C22H26N2O3/c1-15(18-6-5-7-19(14-18)24-12-3-2-4-13-24)20(21(23)25)16-8-10-17(11-9-16)22(26)27/h5-11,14-15,20H,2-4,12-13H2,1H3,(H2,23,25)(H,26,27). The summed E-state index contributed by atoms with van der Waals surface area (Å²) in [5, 5.41) is 9.07. The molecule has 1 aliphatic rings. The summed E-state index contributed by atoms with van der Waals surface area (Å²) in [6.07, 6.45) is 3.70. The molecule has 1 aliphatic heterocycles. The summed E-state index contributed by atoms with van der Waals surface area (Å²) in [4.78, 5) is 25.7. The van der Waals surface area contributed by atoms with Crippen LogP contribution in [0.15, 0.2) is 48.5 Å². The average Bonchev–Trinajstić information content (AvgIpc) is 2.69. The number of carboxylic acids is 1. The normalized spacial score (nSPS) is 16.6. The maximum absolute atomic E-state index is 12.2. The van der Waals surface area contributed by atoms with Crippen molar-refractivity contribution in [1.82, 2.24) is 0 Å². The quantitative estimate of drug-likeness (QED) is 0.815. The van der Waals surface area contributed by atoms with Gasteiger partial charge in [0.1, 0.15) is 0 Å². The third-order valence-electron chi connectivity index (χ3n) is 5.44. The molecule has 1 amide bonds. The van der Waals surface area contributed by atoms with E-state index in [9.17, 15) is 9.59 Å². The van der Waals surface area contributed by atoms with Crippen molar-refractivity contribution in [2.75, 3.05) is 18.0 Å². The number of aromatic carboxylic acids is 1. The van der Waals surface area contributed by atoms with Crippen LogP contribution >= 0.6 is 0 Å². The van der Waals surface area contributed by atoms with Crippen molar-refractivity contribution in [2.45, 2.75) is 38.0 Å². The van der Waals surface area contributed by atoms with Crippen molar-refractivity contribution in [3.05, 3.63) is 65.2 Å². The Bertz CT molecular complexity index is 811. The Morgan fingerprint density at radius 2 is 1.67 bits per heavy atom. The van der Waals surface area contributed by atoms with E-state index in [4.69, 9.17) is 10.8 Å². The minimum absolute atomic E-state index is 0.108. The highest BCUT2D eigenvalue weighted by molar-refractivity contribution is 5.88. The molecule has 0 aromatic heterocycles. The minimum atomic E-state index is -0.987. The summed E-state index contributed by atoms with van der Waals surface area (Å²) in [5.41, 5.74) is 8.90. The Morgan fingerprint density at radius 3 is 2.26 bits per heavy atom. The van der Waals surface area contributed by atoms with Crippen molar-refractivity contribution < 1.29 is 14.7 Å². The predicted octanol–water partition coefficient (Wildman–Crippen LogP) is 3.75. The van der Waals surface area contributed by atoms with E-state index in [-0.39, 0.29) is 11.5 Å². The Morgan fingerprint density at radius 1 is 1.00 bits per heavy atom. The molecule has 1 saturated heterocycles. The molecule has 142 valence electrons. The number of amides is 1. The third-order valence-corrected chi connectivity index (χ3v) is 5.44.